The first-order valence-corrected chi connectivity index (χ1v) is 25.6. The minimum atomic E-state index is -2.74. The first-order chi connectivity index (χ1) is 15.0. The molecule has 0 fully saturated rings. The van der Waals surface area contributed by atoms with Crippen molar-refractivity contribution in [2.24, 2.45) is 0 Å². The van der Waals surface area contributed by atoms with Gasteiger partial charge in [0.05, 0.1) is 0 Å². The molecule has 9 heteroatoms. The number of hydrogen-bond donors (Lipinski definition) is 0. The average Bonchev–Trinajstić information content (AvgIpc) is 3.32. The van der Waals surface area contributed by atoms with Crippen LogP contribution in [0.15, 0.2) is 45.1 Å². The molecule has 0 aliphatic carbocycles. The Morgan fingerprint density at radius 2 is 1.23 bits per heavy atom. The molecule has 2 aromatic carbocycles. The van der Waals surface area contributed by atoms with E-state index in [0.29, 0.717) is 0 Å². The first kappa shape index (κ1) is 24.4. The number of benzene rings is 2. The summed E-state index contributed by atoms with van der Waals surface area (Å²) < 4.78 is 7.53. The van der Waals surface area contributed by atoms with Crippen LogP contribution in [-0.4, -0.2) is 25.6 Å². The van der Waals surface area contributed by atoms with Gasteiger partial charge in [0.25, 0.3) is 0 Å². The molecule has 0 unspecified atom stereocenters. The third-order valence-electron chi connectivity index (χ3n) is 5.03. The van der Waals surface area contributed by atoms with Crippen molar-refractivity contribution in [1.82, 2.24) is 9.97 Å². The van der Waals surface area contributed by atoms with Gasteiger partial charge in [-0.25, -0.2) is 0 Å². The van der Waals surface area contributed by atoms with Crippen LogP contribution in [0.3, 0.4) is 0 Å². The molecular formula is C22H24Cl2N2S4Sn. The molecule has 4 rings (SSSR count). The van der Waals surface area contributed by atoms with Gasteiger partial charge in [-0.1, -0.05) is 0 Å². The normalized spacial score (nSPS) is 12.3. The molecule has 164 valence electrons. The number of thiazole rings is 2. The molecule has 0 radical (unpaired) electrons. The quantitative estimate of drug-likeness (QED) is 0.162. The summed E-state index contributed by atoms with van der Waals surface area (Å²) in [6, 6.07) is 12.1. The van der Waals surface area contributed by atoms with Crippen LogP contribution in [0.25, 0.3) is 20.4 Å². The summed E-state index contributed by atoms with van der Waals surface area (Å²) >= 11 is 13.3. The third kappa shape index (κ3) is 6.25. The van der Waals surface area contributed by atoms with E-state index < -0.39 is 15.6 Å². The second-order valence-corrected chi connectivity index (χ2v) is 35.9. The summed E-state index contributed by atoms with van der Waals surface area (Å²) in [4.78, 5) is 9.94. The van der Waals surface area contributed by atoms with Crippen LogP contribution >= 0.6 is 63.8 Å². The molecule has 0 atom stereocenters. The van der Waals surface area contributed by atoms with E-state index in [-0.39, 0.29) is 0 Å². The Labute approximate surface area is 211 Å². The fourth-order valence-electron chi connectivity index (χ4n) is 3.41. The van der Waals surface area contributed by atoms with Gasteiger partial charge in [0.1, 0.15) is 0 Å². The number of hydrogen-bond acceptors (Lipinski definition) is 6. The molecule has 0 spiro atoms. The molecule has 0 bridgehead atoms. The average molecular weight is 634 g/mol. The van der Waals surface area contributed by atoms with Crippen molar-refractivity contribution in [2.75, 3.05) is 0 Å². The van der Waals surface area contributed by atoms with Crippen molar-refractivity contribution in [3.8, 4) is 0 Å². The van der Waals surface area contributed by atoms with Crippen LogP contribution in [0, 0.1) is 0 Å². The topological polar surface area (TPSA) is 25.8 Å². The van der Waals surface area contributed by atoms with Gasteiger partial charge in [0, 0.05) is 0 Å². The van der Waals surface area contributed by atoms with Crippen LogP contribution < -0.4 is 0 Å². The zero-order valence-electron chi connectivity index (χ0n) is 17.5. The minimum absolute atomic E-state index is 0.753. The Morgan fingerprint density at radius 3 is 1.65 bits per heavy atom. The van der Waals surface area contributed by atoms with E-state index >= 15 is 0 Å². The second-order valence-electron chi connectivity index (χ2n) is 7.51. The number of halogens is 2. The van der Waals surface area contributed by atoms with Crippen molar-refractivity contribution in [3.05, 3.63) is 46.4 Å². The fraction of sp³-hybridized carbons (Fsp3) is 0.364. The number of nitrogens with zero attached hydrogens (tertiary/aromatic N) is 2. The summed E-state index contributed by atoms with van der Waals surface area (Å²) in [5.74, 6) is 0. The van der Waals surface area contributed by atoms with Crippen molar-refractivity contribution in [3.63, 3.8) is 0 Å². The number of unbranched alkanes of at least 4 members (excludes halogenated alkanes) is 2. The van der Waals surface area contributed by atoms with Crippen LogP contribution in [0.4, 0.5) is 0 Å². The fourth-order valence-corrected chi connectivity index (χ4v) is 41.8. The molecule has 0 aliphatic rings. The van der Waals surface area contributed by atoms with Gasteiger partial charge in [-0.3, -0.25) is 0 Å². The predicted octanol–water partition coefficient (Wildman–Crippen LogP) is 10.1. The van der Waals surface area contributed by atoms with Gasteiger partial charge in [-0.2, -0.15) is 0 Å². The number of fused-ring (bicyclic) bond motifs is 2. The molecule has 0 amide bonds. The van der Waals surface area contributed by atoms with E-state index in [0.717, 1.165) is 21.1 Å². The summed E-state index contributed by atoms with van der Waals surface area (Å²) in [7, 11) is 4.27. The number of aromatic nitrogens is 2. The van der Waals surface area contributed by atoms with Crippen LogP contribution in [0.5, 0.6) is 0 Å². The Kier molecular flexibility index (Phi) is 8.78. The van der Waals surface area contributed by atoms with E-state index in [4.69, 9.17) is 33.2 Å². The summed E-state index contributed by atoms with van der Waals surface area (Å²) in [5, 5.41) is 1.51. The predicted molar refractivity (Wildman–Crippen MR) is 146 cm³/mol. The third-order valence-corrected chi connectivity index (χ3v) is 36.9. The molecule has 0 aliphatic heterocycles. The second kappa shape index (κ2) is 11.1. The van der Waals surface area contributed by atoms with Gasteiger partial charge in [-0.15, -0.1) is 0 Å². The molecule has 0 N–H and O–H groups in total. The van der Waals surface area contributed by atoms with Crippen molar-refractivity contribution in [1.29, 1.82) is 0 Å². The molecule has 4 aromatic rings. The van der Waals surface area contributed by atoms with Crippen LogP contribution in [0.1, 0.15) is 39.5 Å². The Morgan fingerprint density at radius 1 is 0.774 bits per heavy atom. The Balaban J connectivity index is 1.68. The van der Waals surface area contributed by atoms with Crippen LogP contribution in [0.2, 0.25) is 18.9 Å². The van der Waals surface area contributed by atoms with E-state index in [9.17, 15) is 0 Å². The zero-order chi connectivity index (χ0) is 21.8. The van der Waals surface area contributed by atoms with Gasteiger partial charge in [0.2, 0.25) is 0 Å². The van der Waals surface area contributed by atoms with Crippen molar-refractivity contribution in [2.45, 2.75) is 57.1 Å². The van der Waals surface area contributed by atoms with Gasteiger partial charge in [-0.05, 0) is 0 Å². The molecule has 0 saturated heterocycles. The summed E-state index contributed by atoms with van der Waals surface area (Å²) in [5.41, 5.74) is 2.04. The van der Waals surface area contributed by atoms with E-state index in [2.05, 4.69) is 43.9 Å². The van der Waals surface area contributed by atoms with Gasteiger partial charge >= 0.3 is 213 Å². The van der Waals surface area contributed by atoms with E-state index in [1.807, 2.05) is 46.9 Å². The van der Waals surface area contributed by atoms with E-state index in [1.165, 1.54) is 52.6 Å². The molecule has 2 aromatic heterocycles. The summed E-state index contributed by atoms with van der Waals surface area (Å²) in [6.45, 7) is 4.59. The Bertz CT molecular complexity index is 1080. The molecule has 2 heterocycles. The Hall–Kier alpha value is 0.299. The van der Waals surface area contributed by atoms with Crippen LogP contribution in [-0.2, 0) is 0 Å². The monoisotopic (exact) mass is 634 g/mol. The van der Waals surface area contributed by atoms with Crippen molar-refractivity contribution >= 4 is 99.8 Å². The molecular weight excluding hydrogens is 610 g/mol. The van der Waals surface area contributed by atoms with Gasteiger partial charge < -0.3 is 0 Å². The SMILES string of the molecule is CCC[CH2][Sn]([CH2]CCC)([S]c1nc2cc(Cl)ccc2s1)[S]c1nc2cc(Cl)ccc2s1. The molecule has 0 saturated carbocycles. The maximum atomic E-state index is 6.21. The maximum absolute atomic E-state index is 6.21. The number of rotatable bonds is 10. The first-order valence-electron chi connectivity index (χ1n) is 10.5. The van der Waals surface area contributed by atoms with Crippen molar-refractivity contribution < 1.29 is 0 Å². The zero-order valence-corrected chi connectivity index (χ0v) is 25.1. The van der Waals surface area contributed by atoms with Gasteiger partial charge in [0.15, 0.2) is 0 Å². The summed E-state index contributed by atoms with van der Waals surface area (Å²) in [6.07, 6.45) is 5.04. The molecule has 31 heavy (non-hydrogen) atoms. The van der Waals surface area contributed by atoms with E-state index in [1.54, 1.807) is 0 Å². The standard InChI is InChI=1S/2C7H4ClNS2.2C4H9.Sn/c2*8-4-1-2-6-5(3-4)9-7(10)11-6;2*1-3-4-2;/h2*1-3H,(H,9,10);2*1,3-4H2,2H3;/q;;;;+2/p-2. The molecule has 2 nitrogen and oxygen atoms in total.